The summed E-state index contributed by atoms with van der Waals surface area (Å²) in [6, 6.07) is 6.04. The van der Waals surface area contributed by atoms with Gasteiger partial charge in [-0.1, -0.05) is 25.5 Å². The molecule has 0 unspecified atom stereocenters. The zero-order valence-electron chi connectivity index (χ0n) is 12.5. The molecule has 1 rings (SSSR count). The molecule has 3 heteroatoms. The van der Waals surface area contributed by atoms with E-state index in [9.17, 15) is 4.79 Å². The normalized spacial score (nSPS) is 10.3. The minimum atomic E-state index is 0.0665. The molecule has 0 aliphatic heterocycles. The minimum absolute atomic E-state index is 0.0665. The van der Waals surface area contributed by atoms with Gasteiger partial charge in [0.05, 0.1) is 0 Å². The van der Waals surface area contributed by atoms with Gasteiger partial charge in [0, 0.05) is 13.1 Å². The number of hydrogen-bond donors (Lipinski definition) is 0. The van der Waals surface area contributed by atoms with E-state index in [1.807, 2.05) is 43.9 Å². The Hall–Kier alpha value is -1.51. The van der Waals surface area contributed by atoms with E-state index in [1.54, 1.807) is 0 Å². The molecule has 1 aromatic carbocycles. The Labute approximate surface area is 116 Å². The third-order valence-electron chi connectivity index (χ3n) is 3.21. The van der Waals surface area contributed by atoms with Gasteiger partial charge >= 0.3 is 0 Å². The zero-order chi connectivity index (χ0) is 14.3. The molecular weight excluding hydrogens is 238 g/mol. The lowest BCUT2D eigenvalue weighted by Gasteiger charge is -2.21. The van der Waals surface area contributed by atoms with Gasteiger partial charge in [0.25, 0.3) is 5.91 Å². The first-order valence-electron chi connectivity index (χ1n) is 7.06. The van der Waals surface area contributed by atoms with E-state index >= 15 is 0 Å². The first-order valence-corrected chi connectivity index (χ1v) is 7.06. The molecule has 0 N–H and O–H groups in total. The van der Waals surface area contributed by atoms with E-state index in [0.29, 0.717) is 0 Å². The summed E-state index contributed by atoms with van der Waals surface area (Å²) in [5, 5.41) is 0. The van der Waals surface area contributed by atoms with Crippen molar-refractivity contribution in [2.45, 2.75) is 40.5 Å². The maximum atomic E-state index is 12.1. The molecule has 0 aromatic heterocycles. The number of ether oxygens (including phenoxy) is 1. The van der Waals surface area contributed by atoms with E-state index in [2.05, 4.69) is 6.92 Å². The third kappa shape index (κ3) is 4.93. The minimum Gasteiger partial charge on any atom is -0.483 e. The lowest BCUT2D eigenvalue weighted by atomic mass is 10.1. The molecule has 0 aliphatic rings. The number of unbranched alkanes of at least 4 members (excludes halogenated alkanes) is 1. The largest absolute Gasteiger partial charge is 0.483 e. The van der Waals surface area contributed by atoms with Crippen molar-refractivity contribution in [2.24, 2.45) is 0 Å². The van der Waals surface area contributed by atoms with Crippen LogP contribution >= 0.6 is 0 Å². The quantitative estimate of drug-likeness (QED) is 0.755. The number of carbonyl (C=O) groups is 1. The van der Waals surface area contributed by atoms with Crippen molar-refractivity contribution in [2.75, 3.05) is 19.7 Å². The van der Waals surface area contributed by atoms with E-state index in [-0.39, 0.29) is 12.5 Å². The van der Waals surface area contributed by atoms with Crippen LogP contribution in [-0.2, 0) is 4.79 Å². The molecule has 0 fully saturated rings. The molecule has 1 aromatic rings. The molecule has 0 aliphatic carbocycles. The van der Waals surface area contributed by atoms with E-state index in [1.165, 1.54) is 0 Å². The number of hydrogen-bond acceptors (Lipinski definition) is 2. The Kier molecular flexibility index (Phi) is 6.40. The highest BCUT2D eigenvalue weighted by Crippen LogP contribution is 2.19. The number of likely N-dealkylation sites (N-methyl/N-ethyl adjacent to an activating group) is 1. The van der Waals surface area contributed by atoms with Crippen LogP contribution in [0.5, 0.6) is 5.75 Å². The molecule has 0 bridgehead atoms. The van der Waals surface area contributed by atoms with Crippen LogP contribution in [0.1, 0.15) is 37.8 Å². The molecule has 0 atom stereocenters. The highest BCUT2D eigenvalue weighted by Gasteiger charge is 2.12. The molecule has 0 heterocycles. The van der Waals surface area contributed by atoms with Gasteiger partial charge in [-0.05, 0) is 44.4 Å². The summed E-state index contributed by atoms with van der Waals surface area (Å²) >= 11 is 0. The Morgan fingerprint density at radius 1 is 1.26 bits per heavy atom. The number of nitrogens with zero attached hydrogens (tertiary/aromatic N) is 1. The number of carbonyl (C=O) groups excluding carboxylic acids is 1. The molecule has 0 radical (unpaired) electrons. The maximum Gasteiger partial charge on any atom is 0.260 e. The van der Waals surface area contributed by atoms with Crippen molar-refractivity contribution < 1.29 is 9.53 Å². The van der Waals surface area contributed by atoms with Gasteiger partial charge in [-0.15, -0.1) is 0 Å². The van der Waals surface area contributed by atoms with Crippen molar-refractivity contribution in [3.63, 3.8) is 0 Å². The Balaban J connectivity index is 2.55. The average Bonchev–Trinajstić information content (AvgIpc) is 2.40. The highest BCUT2D eigenvalue weighted by atomic mass is 16.5. The van der Waals surface area contributed by atoms with Crippen molar-refractivity contribution in [3.05, 3.63) is 29.3 Å². The summed E-state index contributed by atoms with van der Waals surface area (Å²) in [7, 11) is 0. The standard InChI is InChI=1S/C16H25NO2/c1-5-7-10-17(6-2)16(18)12-19-15-11-13(3)8-9-14(15)4/h8-9,11H,5-7,10,12H2,1-4H3. The van der Waals surface area contributed by atoms with Gasteiger partial charge in [-0.25, -0.2) is 0 Å². The predicted octanol–water partition coefficient (Wildman–Crippen LogP) is 3.33. The van der Waals surface area contributed by atoms with Crippen molar-refractivity contribution in [1.82, 2.24) is 4.90 Å². The number of benzene rings is 1. The number of amides is 1. The fourth-order valence-electron chi connectivity index (χ4n) is 1.90. The third-order valence-corrected chi connectivity index (χ3v) is 3.21. The van der Waals surface area contributed by atoms with Crippen LogP contribution in [0.3, 0.4) is 0 Å². The summed E-state index contributed by atoms with van der Waals surface area (Å²) in [6.07, 6.45) is 2.14. The van der Waals surface area contributed by atoms with Crippen LogP contribution in [0.2, 0.25) is 0 Å². The van der Waals surface area contributed by atoms with Crippen LogP contribution in [0, 0.1) is 13.8 Å². The van der Waals surface area contributed by atoms with Crippen molar-refractivity contribution in [3.8, 4) is 5.75 Å². The van der Waals surface area contributed by atoms with E-state index < -0.39 is 0 Å². The second kappa shape index (κ2) is 7.82. The van der Waals surface area contributed by atoms with Crippen LogP contribution in [0.25, 0.3) is 0 Å². The lowest BCUT2D eigenvalue weighted by Crippen LogP contribution is -2.35. The van der Waals surface area contributed by atoms with Crippen LogP contribution in [0.4, 0.5) is 0 Å². The second-order valence-corrected chi connectivity index (χ2v) is 4.88. The van der Waals surface area contributed by atoms with Crippen LogP contribution in [0.15, 0.2) is 18.2 Å². The van der Waals surface area contributed by atoms with E-state index in [0.717, 1.165) is 42.8 Å². The summed E-state index contributed by atoms with van der Waals surface area (Å²) in [4.78, 5) is 13.9. The average molecular weight is 263 g/mol. The van der Waals surface area contributed by atoms with Gasteiger partial charge < -0.3 is 9.64 Å². The summed E-state index contributed by atoms with van der Waals surface area (Å²) < 4.78 is 5.65. The summed E-state index contributed by atoms with van der Waals surface area (Å²) in [5.74, 6) is 0.872. The SMILES string of the molecule is CCCCN(CC)C(=O)COc1cc(C)ccc1C. The monoisotopic (exact) mass is 263 g/mol. The molecule has 0 saturated heterocycles. The second-order valence-electron chi connectivity index (χ2n) is 4.88. The summed E-state index contributed by atoms with van der Waals surface area (Å²) in [5.41, 5.74) is 2.21. The molecular formula is C16H25NO2. The van der Waals surface area contributed by atoms with Crippen LogP contribution in [-0.4, -0.2) is 30.5 Å². The van der Waals surface area contributed by atoms with Gasteiger partial charge in [-0.2, -0.15) is 0 Å². The molecule has 19 heavy (non-hydrogen) atoms. The number of aryl methyl sites for hydroxylation is 2. The van der Waals surface area contributed by atoms with Gasteiger partial charge in [-0.3, -0.25) is 4.79 Å². The Morgan fingerprint density at radius 2 is 2.00 bits per heavy atom. The zero-order valence-corrected chi connectivity index (χ0v) is 12.5. The van der Waals surface area contributed by atoms with E-state index in [4.69, 9.17) is 4.74 Å². The molecule has 106 valence electrons. The predicted molar refractivity (Wildman–Crippen MR) is 78.6 cm³/mol. The lowest BCUT2D eigenvalue weighted by molar-refractivity contribution is -0.133. The van der Waals surface area contributed by atoms with Gasteiger partial charge in [0.2, 0.25) is 0 Å². The molecule has 1 amide bonds. The Bertz CT molecular complexity index is 415. The summed E-state index contributed by atoms with van der Waals surface area (Å²) in [6.45, 7) is 9.84. The van der Waals surface area contributed by atoms with Crippen molar-refractivity contribution >= 4 is 5.91 Å². The fraction of sp³-hybridized carbons (Fsp3) is 0.562. The molecule has 0 spiro atoms. The number of rotatable bonds is 7. The maximum absolute atomic E-state index is 12.1. The first-order chi connectivity index (χ1) is 9.08. The molecule has 0 saturated carbocycles. The van der Waals surface area contributed by atoms with Crippen LogP contribution < -0.4 is 4.74 Å². The highest BCUT2D eigenvalue weighted by molar-refractivity contribution is 5.77. The topological polar surface area (TPSA) is 29.5 Å². The molecule has 3 nitrogen and oxygen atoms in total. The smallest absolute Gasteiger partial charge is 0.260 e. The van der Waals surface area contributed by atoms with Gasteiger partial charge in [0.1, 0.15) is 5.75 Å². The Morgan fingerprint density at radius 3 is 2.63 bits per heavy atom. The first kappa shape index (κ1) is 15.5. The van der Waals surface area contributed by atoms with Gasteiger partial charge in [0.15, 0.2) is 6.61 Å². The fourth-order valence-corrected chi connectivity index (χ4v) is 1.90. The van der Waals surface area contributed by atoms with Crippen molar-refractivity contribution in [1.29, 1.82) is 0 Å².